The summed E-state index contributed by atoms with van der Waals surface area (Å²) in [5.74, 6) is -1.65. The van der Waals surface area contributed by atoms with Crippen LogP contribution in [0, 0.1) is 0 Å². The number of aromatic nitrogens is 3. The van der Waals surface area contributed by atoms with Crippen molar-refractivity contribution in [2.24, 2.45) is 0 Å². The molecule has 1 unspecified atom stereocenters. The fourth-order valence-corrected chi connectivity index (χ4v) is 1.68. The lowest BCUT2D eigenvalue weighted by Crippen LogP contribution is -2.51. The van der Waals surface area contributed by atoms with Crippen molar-refractivity contribution in [3.63, 3.8) is 0 Å². The van der Waals surface area contributed by atoms with E-state index < -0.39 is 17.4 Å². The second kappa shape index (κ2) is 5.74. The summed E-state index contributed by atoms with van der Waals surface area (Å²) in [4.78, 5) is 23.3. The van der Waals surface area contributed by atoms with E-state index in [9.17, 15) is 9.59 Å². The number of carboxylic acid groups (broad SMARTS) is 1. The highest BCUT2D eigenvalue weighted by Crippen LogP contribution is 2.11. The number of amides is 1. The van der Waals surface area contributed by atoms with Gasteiger partial charge in [-0.05, 0) is 25.5 Å². The lowest BCUT2D eigenvalue weighted by Gasteiger charge is -2.23. The first-order chi connectivity index (χ1) is 9.96. The van der Waals surface area contributed by atoms with Gasteiger partial charge >= 0.3 is 5.97 Å². The van der Waals surface area contributed by atoms with Gasteiger partial charge in [0.1, 0.15) is 5.54 Å². The highest BCUT2D eigenvalue weighted by molar-refractivity contribution is 5.96. The number of nitrogens with one attached hydrogen (secondary N) is 1. The molecule has 0 fully saturated rings. The van der Waals surface area contributed by atoms with Gasteiger partial charge in [0, 0.05) is 0 Å². The number of carbonyl (C=O) groups is 2. The molecule has 7 heteroatoms. The zero-order valence-corrected chi connectivity index (χ0v) is 11.8. The number of para-hydroxylation sites is 1. The molecule has 110 valence electrons. The van der Waals surface area contributed by atoms with Gasteiger partial charge in [0.25, 0.3) is 5.91 Å². The molecule has 0 aliphatic heterocycles. The number of carboxylic acids is 1. The van der Waals surface area contributed by atoms with Gasteiger partial charge in [-0.25, -0.2) is 9.48 Å². The maximum absolute atomic E-state index is 12.1. The minimum atomic E-state index is -1.33. The van der Waals surface area contributed by atoms with Crippen LogP contribution in [0.3, 0.4) is 0 Å². The number of hydrogen-bond acceptors (Lipinski definition) is 4. The van der Waals surface area contributed by atoms with Crippen molar-refractivity contribution in [1.29, 1.82) is 0 Å². The molecule has 0 saturated carbocycles. The Kier molecular flexibility index (Phi) is 4.02. The number of rotatable bonds is 5. The van der Waals surface area contributed by atoms with Crippen molar-refractivity contribution >= 4 is 11.9 Å². The van der Waals surface area contributed by atoms with Crippen LogP contribution in [0.2, 0.25) is 0 Å². The van der Waals surface area contributed by atoms with E-state index in [2.05, 4.69) is 15.6 Å². The van der Waals surface area contributed by atoms with Crippen LogP contribution in [0.25, 0.3) is 5.69 Å². The molecule has 0 saturated heterocycles. The molecule has 0 aliphatic carbocycles. The van der Waals surface area contributed by atoms with Crippen molar-refractivity contribution in [3.05, 3.63) is 42.2 Å². The minimum Gasteiger partial charge on any atom is -0.480 e. The predicted octanol–water partition coefficient (Wildman–Crippen LogP) is 1.25. The molecular formula is C14H16N4O3. The molecule has 0 spiro atoms. The molecule has 0 radical (unpaired) electrons. The van der Waals surface area contributed by atoms with Crippen molar-refractivity contribution < 1.29 is 14.7 Å². The second-order valence-corrected chi connectivity index (χ2v) is 4.83. The van der Waals surface area contributed by atoms with Crippen LogP contribution in [-0.2, 0) is 4.79 Å². The van der Waals surface area contributed by atoms with Crippen LogP contribution in [0.4, 0.5) is 0 Å². The van der Waals surface area contributed by atoms with Crippen molar-refractivity contribution in [1.82, 2.24) is 20.3 Å². The maximum atomic E-state index is 12.1. The van der Waals surface area contributed by atoms with Crippen LogP contribution >= 0.6 is 0 Å². The first-order valence-electron chi connectivity index (χ1n) is 6.50. The largest absolute Gasteiger partial charge is 0.480 e. The third kappa shape index (κ3) is 3.07. The highest BCUT2D eigenvalue weighted by Gasteiger charge is 2.33. The van der Waals surface area contributed by atoms with Gasteiger partial charge in [0.05, 0.1) is 11.9 Å². The van der Waals surface area contributed by atoms with Gasteiger partial charge in [-0.15, -0.1) is 5.10 Å². The van der Waals surface area contributed by atoms with Crippen LogP contribution in [0.5, 0.6) is 0 Å². The smallest absolute Gasteiger partial charge is 0.329 e. The number of benzene rings is 1. The highest BCUT2D eigenvalue weighted by atomic mass is 16.4. The molecular weight excluding hydrogens is 272 g/mol. The van der Waals surface area contributed by atoms with Gasteiger partial charge in [0.2, 0.25) is 0 Å². The second-order valence-electron chi connectivity index (χ2n) is 4.83. The van der Waals surface area contributed by atoms with Gasteiger partial charge in [-0.3, -0.25) is 4.79 Å². The molecule has 1 atom stereocenters. The molecule has 2 aromatic rings. The standard InChI is InChI=1S/C14H16N4O3/c1-3-14(2,13(20)21)15-12(19)11-9-18(17-16-11)10-7-5-4-6-8-10/h4-9H,3H2,1-2H3,(H,15,19)(H,20,21). The Hall–Kier alpha value is -2.70. The summed E-state index contributed by atoms with van der Waals surface area (Å²) in [5, 5.41) is 19.3. The summed E-state index contributed by atoms with van der Waals surface area (Å²) in [7, 11) is 0. The lowest BCUT2D eigenvalue weighted by atomic mass is 9.99. The molecule has 0 bridgehead atoms. The summed E-state index contributed by atoms with van der Waals surface area (Å²) in [6, 6.07) is 9.20. The van der Waals surface area contributed by atoms with E-state index in [-0.39, 0.29) is 12.1 Å². The molecule has 21 heavy (non-hydrogen) atoms. The molecule has 1 aromatic carbocycles. The quantitative estimate of drug-likeness (QED) is 0.863. The topological polar surface area (TPSA) is 97.1 Å². The van der Waals surface area contributed by atoms with E-state index >= 15 is 0 Å². The van der Waals surface area contributed by atoms with Crippen LogP contribution in [0.15, 0.2) is 36.5 Å². The first kappa shape index (κ1) is 14.7. The van der Waals surface area contributed by atoms with E-state index in [4.69, 9.17) is 5.11 Å². The van der Waals surface area contributed by atoms with Crippen LogP contribution in [-0.4, -0.2) is 37.5 Å². The summed E-state index contributed by atoms with van der Waals surface area (Å²) in [6.07, 6.45) is 1.73. The molecule has 1 aromatic heterocycles. The Labute approximate surface area is 121 Å². The summed E-state index contributed by atoms with van der Waals surface area (Å²) >= 11 is 0. The Morgan fingerprint density at radius 3 is 2.57 bits per heavy atom. The van der Waals surface area contributed by atoms with E-state index in [0.29, 0.717) is 0 Å². The fraction of sp³-hybridized carbons (Fsp3) is 0.286. The molecule has 2 rings (SSSR count). The summed E-state index contributed by atoms with van der Waals surface area (Å²) < 4.78 is 1.46. The van der Waals surface area contributed by atoms with Crippen LogP contribution in [0.1, 0.15) is 30.8 Å². The summed E-state index contributed by atoms with van der Waals surface area (Å²) in [5.41, 5.74) is -0.492. The van der Waals surface area contributed by atoms with Gasteiger partial charge in [-0.2, -0.15) is 0 Å². The van der Waals surface area contributed by atoms with E-state index in [0.717, 1.165) is 5.69 Å². The average Bonchev–Trinajstić information content (AvgIpc) is 2.97. The Morgan fingerprint density at radius 1 is 1.33 bits per heavy atom. The first-order valence-corrected chi connectivity index (χ1v) is 6.50. The Morgan fingerprint density at radius 2 is 2.00 bits per heavy atom. The maximum Gasteiger partial charge on any atom is 0.329 e. The van der Waals surface area contributed by atoms with E-state index in [1.54, 1.807) is 6.92 Å². The van der Waals surface area contributed by atoms with Gasteiger partial charge in [0.15, 0.2) is 5.69 Å². The van der Waals surface area contributed by atoms with Crippen molar-refractivity contribution in [3.8, 4) is 5.69 Å². The molecule has 1 amide bonds. The minimum absolute atomic E-state index is 0.0692. The SMILES string of the molecule is CCC(C)(NC(=O)c1cn(-c2ccccc2)nn1)C(=O)O. The van der Waals surface area contributed by atoms with Gasteiger partial charge in [-0.1, -0.05) is 30.3 Å². The number of nitrogens with zero attached hydrogens (tertiary/aromatic N) is 3. The zero-order chi connectivity index (χ0) is 15.5. The third-order valence-electron chi connectivity index (χ3n) is 3.32. The lowest BCUT2D eigenvalue weighted by molar-refractivity contribution is -0.143. The normalized spacial score (nSPS) is 13.4. The zero-order valence-electron chi connectivity index (χ0n) is 11.8. The van der Waals surface area contributed by atoms with Gasteiger partial charge < -0.3 is 10.4 Å². The Balaban J connectivity index is 2.18. The monoisotopic (exact) mass is 288 g/mol. The number of carbonyl (C=O) groups excluding carboxylic acids is 1. The van der Waals surface area contributed by atoms with Crippen molar-refractivity contribution in [2.45, 2.75) is 25.8 Å². The van der Waals surface area contributed by atoms with E-state index in [1.165, 1.54) is 17.8 Å². The Bertz CT molecular complexity index is 653. The molecule has 0 aliphatic rings. The third-order valence-corrected chi connectivity index (χ3v) is 3.32. The molecule has 2 N–H and O–H groups in total. The average molecular weight is 288 g/mol. The van der Waals surface area contributed by atoms with E-state index in [1.807, 2.05) is 30.3 Å². The molecule has 7 nitrogen and oxygen atoms in total. The number of aliphatic carboxylic acids is 1. The molecule has 1 heterocycles. The van der Waals surface area contributed by atoms with Crippen molar-refractivity contribution in [2.75, 3.05) is 0 Å². The number of hydrogen-bond donors (Lipinski definition) is 2. The summed E-state index contributed by atoms with van der Waals surface area (Å²) in [6.45, 7) is 3.14. The van der Waals surface area contributed by atoms with Crippen LogP contribution < -0.4 is 5.32 Å². The fourth-order valence-electron chi connectivity index (χ4n) is 1.68. The predicted molar refractivity (Wildman–Crippen MR) is 75.2 cm³/mol.